The zero-order chi connectivity index (χ0) is 23.2. The van der Waals surface area contributed by atoms with Gasteiger partial charge < -0.3 is 28.8 Å². The van der Waals surface area contributed by atoms with Crippen LogP contribution in [0.5, 0.6) is 0 Å². The van der Waals surface area contributed by atoms with E-state index in [0.717, 1.165) is 27.7 Å². The van der Waals surface area contributed by atoms with Crippen molar-refractivity contribution in [2.45, 2.75) is 68.4 Å². The molecule has 6 atom stereocenters. The number of aliphatic hydroxyl groups excluding tert-OH is 1. The van der Waals surface area contributed by atoms with Crippen LogP contribution in [-0.2, 0) is 42.9 Å². The fourth-order valence-corrected chi connectivity index (χ4v) is 2.81. The summed E-state index contributed by atoms with van der Waals surface area (Å²) in [5.41, 5.74) is 0. The van der Waals surface area contributed by atoms with Gasteiger partial charge in [0.25, 0.3) is 0 Å². The summed E-state index contributed by atoms with van der Waals surface area (Å²) in [4.78, 5) is 46.1. The first kappa shape index (κ1) is 26.7. The van der Waals surface area contributed by atoms with Gasteiger partial charge in [0, 0.05) is 27.7 Å². The Morgan fingerprint density at radius 3 is 1.87 bits per heavy atom. The van der Waals surface area contributed by atoms with Crippen molar-refractivity contribution >= 4 is 58.7 Å². The summed E-state index contributed by atoms with van der Waals surface area (Å²) in [6.07, 6.45) is -7.28. The molecule has 0 aromatic heterocycles. The number of carbonyl (C=O) groups excluding carboxylic acids is 4. The average molecular weight is 495 g/mol. The number of esters is 4. The molecule has 1 heterocycles. The minimum atomic E-state index is -2.23. The van der Waals surface area contributed by atoms with Gasteiger partial charge in [-0.15, -0.1) is 0 Å². The summed E-state index contributed by atoms with van der Waals surface area (Å²) in [5, 5.41) is 12.6. The van der Waals surface area contributed by atoms with Crippen LogP contribution in [0.15, 0.2) is 0 Å². The largest absolute Gasteiger partial charge is 0.463 e. The summed E-state index contributed by atoms with van der Waals surface area (Å²) in [7, 11) is 0. The Morgan fingerprint density at radius 2 is 1.43 bits per heavy atom. The van der Waals surface area contributed by atoms with Crippen LogP contribution in [0.4, 0.5) is 0 Å². The normalized spacial score (nSPS) is 27.5. The average Bonchev–Trinajstić information content (AvgIpc) is 2.56. The fraction of sp³-hybridized carbons (Fsp3) is 0.750. The third-order valence-electron chi connectivity index (χ3n) is 3.64. The van der Waals surface area contributed by atoms with Crippen molar-refractivity contribution in [2.24, 2.45) is 0 Å². The van der Waals surface area contributed by atoms with Crippen LogP contribution in [0.2, 0.25) is 0 Å². The van der Waals surface area contributed by atoms with E-state index in [-0.39, 0.29) is 0 Å². The van der Waals surface area contributed by atoms with E-state index in [9.17, 15) is 24.3 Å². The maximum Gasteiger partial charge on any atom is 0.304 e. The summed E-state index contributed by atoms with van der Waals surface area (Å²) >= 11 is 17.0. The highest BCUT2D eigenvalue weighted by molar-refractivity contribution is 6.68. The lowest BCUT2D eigenvalue weighted by atomic mass is 9.96. The first-order valence-corrected chi connectivity index (χ1v) is 9.67. The van der Waals surface area contributed by atoms with E-state index < -0.39 is 71.1 Å². The smallest absolute Gasteiger partial charge is 0.304 e. The number of aliphatic hydroxyl groups is 1. The van der Waals surface area contributed by atoms with Gasteiger partial charge in [-0.1, -0.05) is 34.8 Å². The van der Waals surface area contributed by atoms with Crippen molar-refractivity contribution in [3.05, 3.63) is 0 Å². The molecule has 0 saturated carbocycles. The van der Waals surface area contributed by atoms with Gasteiger partial charge in [0.15, 0.2) is 18.4 Å². The molecule has 11 nitrogen and oxygen atoms in total. The topological polar surface area (TPSA) is 147 Å². The molecule has 30 heavy (non-hydrogen) atoms. The lowest BCUT2D eigenvalue weighted by Gasteiger charge is -2.45. The molecule has 0 radical (unpaired) electrons. The van der Waals surface area contributed by atoms with E-state index in [1.165, 1.54) is 0 Å². The monoisotopic (exact) mass is 493 g/mol. The molecule has 2 N–H and O–H groups in total. The maximum absolute atomic E-state index is 11.7. The minimum absolute atomic E-state index is 0.428. The molecule has 0 bridgehead atoms. The molecule has 0 amide bonds. The molecular formula is C16H22Cl3NO10. The number of nitrogens with one attached hydrogen (secondary N) is 1. The Hall–Kier alpha value is -1.37. The van der Waals surface area contributed by atoms with Crippen LogP contribution < -0.4 is 5.32 Å². The lowest BCUT2D eigenvalue weighted by Crippen LogP contribution is -2.68. The quantitative estimate of drug-likeness (QED) is 0.219. The van der Waals surface area contributed by atoms with Crippen LogP contribution in [0.1, 0.15) is 27.7 Å². The van der Waals surface area contributed by atoms with E-state index in [4.69, 9.17) is 58.5 Å². The van der Waals surface area contributed by atoms with E-state index in [2.05, 4.69) is 5.32 Å². The molecule has 172 valence electrons. The lowest BCUT2D eigenvalue weighted by molar-refractivity contribution is -0.274. The van der Waals surface area contributed by atoms with Gasteiger partial charge in [-0.3, -0.25) is 24.5 Å². The molecule has 1 fully saturated rings. The van der Waals surface area contributed by atoms with Gasteiger partial charge in [-0.05, 0) is 0 Å². The fourth-order valence-electron chi connectivity index (χ4n) is 2.62. The van der Waals surface area contributed by atoms with Gasteiger partial charge in [0.05, 0.1) is 0 Å². The highest BCUT2D eigenvalue weighted by atomic mass is 35.6. The summed E-state index contributed by atoms with van der Waals surface area (Å²) in [6.45, 7) is 3.95. The summed E-state index contributed by atoms with van der Waals surface area (Å²) in [6, 6.07) is -1.35. The Morgan fingerprint density at radius 1 is 0.933 bits per heavy atom. The number of rotatable bonds is 7. The van der Waals surface area contributed by atoms with Gasteiger partial charge in [-0.2, -0.15) is 0 Å². The van der Waals surface area contributed by atoms with Crippen LogP contribution in [-0.4, -0.2) is 76.3 Å². The predicted octanol–water partition coefficient (Wildman–Crippen LogP) is 0.348. The first-order valence-electron chi connectivity index (χ1n) is 8.53. The van der Waals surface area contributed by atoms with E-state index in [1.54, 1.807) is 0 Å². The summed E-state index contributed by atoms with van der Waals surface area (Å²) in [5.74, 6) is -3.05. The molecule has 0 aromatic rings. The second kappa shape index (κ2) is 11.3. The first-order chi connectivity index (χ1) is 13.7. The van der Waals surface area contributed by atoms with Crippen LogP contribution in [0.3, 0.4) is 0 Å². The van der Waals surface area contributed by atoms with E-state index in [0.29, 0.717) is 0 Å². The Kier molecular flexibility index (Phi) is 10.0. The van der Waals surface area contributed by atoms with Gasteiger partial charge >= 0.3 is 23.9 Å². The molecule has 1 rings (SSSR count). The Labute approximate surface area is 187 Å². The zero-order valence-electron chi connectivity index (χ0n) is 16.4. The molecule has 4 unspecified atom stereocenters. The van der Waals surface area contributed by atoms with E-state index >= 15 is 0 Å². The van der Waals surface area contributed by atoms with Crippen molar-refractivity contribution in [1.82, 2.24) is 5.32 Å². The highest BCUT2D eigenvalue weighted by Crippen LogP contribution is 2.32. The van der Waals surface area contributed by atoms with Crippen molar-refractivity contribution < 1.29 is 48.0 Å². The molecule has 1 saturated heterocycles. The van der Waals surface area contributed by atoms with Gasteiger partial charge in [-0.25, -0.2) is 0 Å². The van der Waals surface area contributed by atoms with Gasteiger partial charge in [0.1, 0.15) is 18.8 Å². The van der Waals surface area contributed by atoms with Gasteiger partial charge in [0.2, 0.25) is 10.1 Å². The number of halogens is 3. The predicted molar refractivity (Wildman–Crippen MR) is 101 cm³/mol. The molecule has 1 aliphatic heterocycles. The maximum atomic E-state index is 11.7. The van der Waals surface area contributed by atoms with Crippen molar-refractivity contribution in [2.75, 3.05) is 6.61 Å². The standard InChI is InChI=1S/C16H22Cl3NO10/c1-6(21)26-5-10-12(27-7(2)22)13(28-8(3)23)11(14(30-10)29-9(4)24)20-15(25)16(17,18)19/h10-15,20,25H,5H2,1-4H3/t10?,11?,12-,13?,14-,15?/m1/s1. The second-order valence-electron chi connectivity index (χ2n) is 6.24. The van der Waals surface area contributed by atoms with Crippen LogP contribution in [0.25, 0.3) is 0 Å². The molecular weight excluding hydrogens is 473 g/mol. The third-order valence-corrected chi connectivity index (χ3v) is 4.26. The van der Waals surface area contributed by atoms with Crippen molar-refractivity contribution in [3.63, 3.8) is 0 Å². The van der Waals surface area contributed by atoms with Crippen LogP contribution in [0, 0.1) is 0 Å². The molecule has 14 heteroatoms. The van der Waals surface area contributed by atoms with Crippen LogP contribution >= 0.6 is 34.8 Å². The highest BCUT2D eigenvalue weighted by Gasteiger charge is 2.53. The SMILES string of the molecule is CC(=O)OCC1O[C@@H](OC(C)=O)C(NC(O)C(Cl)(Cl)Cl)C(OC(C)=O)[C@@H]1OC(C)=O. The number of alkyl halides is 3. The number of carbonyl (C=O) groups is 4. The number of ether oxygens (including phenoxy) is 5. The molecule has 0 aliphatic carbocycles. The van der Waals surface area contributed by atoms with E-state index in [1.807, 2.05) is 0 Å². The molecule has 0 spiro atoms. The number of hydrogen-bond acceptors (Lipinski definition) is 11. The van der Waals surface area contributed by atoms with Crippen molar-refractivity contribution in [3.8, 4) is 0 Å². The third kappa shape index (κ3) is 8.40. The molecule has 0 aromatic carbocycles. The number of hydrogen-bond donors (Lipinski definition) is 2. The Balaban J connectivity index is 3.37. The molecule has 1 aliphatic rings. The summed E-state index contributed by atoms with van der Waals surface area (Å²) < 4.78 is 23.8. The van der Waals surface area contributed by atoms with Crippen molar-refractivity contribution in [1.29, 1.82) is 0 Å². The zero-order valence-corrected chi connectivity index (χ0v) is 18.7. The second-order valence-corrected chi connectivity index (χ2v) is 8.61. The minimum Gasteiger partial charge on any atom is -0.463 e. The Bertz CT molecular complexity index is 656.